The van der Waals surface area contributed by atoms with Gasteiger partial charge >= 0.3 is 17.9 Å². The van der Waals surface area contributed by atoms with Crippen LogP contribution in [0, 0.1) is 0 Å². The highest BCUT2D eigenvalue weighted by Gasteiger charge is 2.19. The fourth-order valence-corrected chi connectivity index (χ4v) is 9.54. The molecule has 0 N–H and O–H groups in total. The first kappa shape index (κ1) is 75.3. The van der Waals surface area contributed by atoms with Gasteiger partial charge in [-0.2, -0.15) is 0 Å². The zero-order valence-corrected chi connectivity index (χ0v) is 52.1. The third-order valence-corrected chi connectivity index (χ3v) is 14.6. The van der Waals surface area contributed by atoms with Crippen LogP contribution in [0.15, 0.2) is 97.2 Å². The zero-order valence-electron chi connectivity index (χ0n) is 52.1. The molecule has 1 atom stereocenters. The molecule has 0 aromatic carbocycles. The van der Waals surface area contributed by atoms with Gasteiger partial charge in [0.15, 0.2) is 6.10 Å². The lowest BCUT2D eigenvalue weighted by atomic mass is 10.0. The van der Waals surface area contributed by atoms with Crippen LogP contribution in [0.2, 0.25) is 0 Å². The number of unbranched alkanes of at least 4 members (excludes halogenated alkanes) is 34. The number of hydrogen-bond donors (Lipinski definition) is 0. The Labute approximate surface area is 489 Å². The summed E-state index contributed by atoms with van der Waals surface area (Å²) in [6.07, 6.45) is 89.9. The highest BCUT2D eigenvalue weighted by Crippen LogP contribution is 2.17. The Morgan fingerprint density at radius 2 is 0.494 bits per heavy atom. The summed E-state index contributed by atoms with van der Waals surface area (Å²) in [6.45, 7) is 6.54. The number of ether oxygens (including phenoxy) is 3. The first-order valence-corrected chi connectivity index (χ1v) is 33.7. The van der Waals surface area contributed by atoms with Crippen LogP contribution in [0.4, 0.5) is 0 Å². The molecule has 0 aromatic heterocycles. The molecular formula is C73H126O6. The van der Waals surface area contributed by atoms with E-state index in [-0.39, 0.29) is 31.1 Å². The molecular weight excluding hydrogens is 973 g/mol. The normalized spacial score (nSPS) is 12.7. The maximum atomic E-state index is 12.9. The van der Waals surface area contributed by atoms with Gasteiger partial charge < -0.3 is 14.2 Å². The van der Waals surface area contributed by atoms with Crippen LogP contribution in [-0.4, -0.2) is 37.2 Å². The van der Waals surface area contributed by atoms with Gasteiger partial charge in [-0.25, -0.2) is 0 Å². The summed E-state index contributed by atoms with van der Waals surface area (Å²) in [4.78, 5) is 38.4. The molecule has 0 bridgehead atoms. The Bertz CT molecular complexity index is 1540. The highest BCUT2D eigenvalue weighted by molar-refractivity contribution is 5.71. The standard InChI is InChI=1S/C73H126O6/c1-4-7-10-13-16-19-22-25-27-29-31-33-34-35-36-37-38-40-41-43-45-48-51-54-57-60-63-66-72(75)78-69-70(68-77-71(74)65-62-59-56-53-50-47-24-21-18-15-12-9-6-3)79-73(76)67-64-61-58-55-52-49-46-44-42-39-32-30-28-26-23-20-17-14-11-8-5-2/h7,10,16,19,25,27,30-33,35-36,38,40,43,45,70H,4-6,8-9,11-15,17-18,20-24,26,28-29,34,37,39,41-42,44,46-69H2,1-3H3/b10-7-,19-16-,27-25-,32-30-,33-31-,36-35-,40-38-,45-43-. The van der Waals surface area contributed by atoms with Gasteiger partial charge in [0, 0.05) is 19.3 Å². The molecule has 0 rings (SSSR count). The molecule has 6 heteroatoms. The van der Waals surface area contributed by atoms with Gasteiger partial charge in [-0.05, 0) is 103 Å². The minimum absolute atomic E-state index is 0.0816. The zero-order chi connectivity index (χ0) is 57.1. The van der Waals surface area contributed by atoms with E-state index < -0.39 is 6.10 Å². The van der Waals surface area contributed by atoms with Crippen molar-refractivity contribution in [1.82, 2.24) is 0 Å². The average molecular weight is 1100 g/mol. The van der Waals surface area contributed by atoms with Crippen molar-refractivity contribution in [3.05, 3.63) is 97.2 Å². The van der Waals surface area contributed by atoms with Gasteiger partial charge in [0.05, 0.1) is 0 Å². The van der Waals surface area contributed by atoms with Crippen molar-refractivity contribution in [2.45, 2.75) is 335 Å². The van der Waals surface area contributed by atoms with Gasteiger partial charge in [0.1, 0.15) is 13.2 Å². The number of allylic oxidation sites excluding steroid dienone is 16. The van der Waals surface area contributed by atoms with Crippen LogP contribution in [-0.2, 0) is 28.6 Å². The van der Waals surface area contributed by atoms with Crippen molar-refractivity contribution >= 4 is 17.9 Å². The van der Waals surface area contributed by atoms with Gasteiger partial charge in [0.2, 0.25) is 0 Å². The SMILES string of the molecule is CC/C=C\C/C=C\C/C=C\C/C=C\C/C=C\C/C=C\C/C=C\CCCCCCCC(=O)OCC(COC(=O)CCCCCCCCCCCCCCC)OC(=O)CCCCCCCCCCC/C=C\CCCCCCCCCC. The molecule has 0 saturated carbocycles. The Morgan fingerprint density at radius 1 is 0.266 bits per heavy atom. The molecule has 79 heavy (non-hydrogen) atoms. The summed E-state index contributed by atoms with van der Waals surface area (Å²) in [6, 6.07) is 0. The third kappa shape index (κ3) is 65.0. The predicted octanol–water partition coefficient (Wildman–Crippen LogP) is 23.2. The lowest BCUT2D eigenvalue weighted by Crippen LogP contribution is -2.30. The van der Waals surface area contributed by atoms with Crippen molar-refractivity contribution in [3.63, 3.8) is 0 Å². The lowest BCUT2D eigenvalue weighted by molar-refractivity contribution is -0.167. The summed E-state index contributed by atoms with van der Waals surface area (Å²) < 4.78 is 16.9. The monoisotopic (exact) mass is 1100 g/mol. The van der Waals surface area contributed by atoms with Gasteiger partial charge in [-0.1, -0.05) is 304 Å². The highest BCUT2D eigenvalue weighted by atomic mass is 16.6. The fraction of sp³-hybridized carbons (Fsp3) is 0.740. The molecule has 0 spiro atoms. The molecule has 1 unspecified atom stereocenters. The molecule has 0 heterocycles. The van der Waals surface area contributed by atoms with Crippen molar-refractivity contribution < 1.29 is 28.6 Å². The van der Waals surface area contributed by atoms with E-state index in [9.17, 15) is 14.4 Å². The van der Waals surface area contributed by atoms with Crippen LogP contribution in [0.5, 0.6) is 0 Å². The van der Waals surface area contributed by atoms with E-state index >= 15 is 0 Å². The number of esters is 3. The second kappa shape index (κ2) is 66.8. The fourth-order valence-electron chi connectivity index (χ4n) is 9.54. The Morgan fingerprint density at radius 3 is 0.785 bits per heavy atom. The van der Waals surface area contributed by atoms with Crippen LogP contribution >= 0.6 is 0 Å². The Kier molecular flexibility index (Phi) is 63.7. The van der Waals surface area contributed by atoms with Gasteiger partial charge in [-0.3, -0.25) is 14.4 Å². The molecule has 0 aliphatic rings. The number of carbonyl (C=O) groups excluding carboxylic acids is 3. The molecule has 0 aromatic rings. The van der Waals surface area contributed by atoms with Crippen molar-refractivity contribution in [2.24, 2.45) is 0 Å². The minimum atomic E-state index is -0.787. The molecule has 0 aliphatic carbocycles. The van der Waals surface area contributed by atoms with Crippen LogP contribution in [0.25, 0.3) is 0 Å². The van der Waals surface area contributed by atoms with E-state index in [0.717, 1.165) is 122 Å². The van der Waals surface area contributed by atoms with Crippen LogP contribution in [0.3, 0.4) is 0 Å². The second-order valence-electron chi connectivity index (χ2n) is 22.4. The largest absolute Gasteiger partial charge is 0.462 e. The van der Waals surface area contributed by atoms with E-state index in [0.29, 0.717) is 19.3 Å². The van der Waals surface area contributed by atoms with Gasteiger partial charge in [-0.15, -0.1) is 0 Å². The first-order chi connectivity index (χ1) is 39.0. The van der Waals surface area contributed by atoms with E-state index in [4.69, 9.17) is 14.2 Å². The van der Waals surface area contributed by atoms with Gasteiger partial charge in [0.25, 0.3) is 0 Å². The average Bonchev–Trinajstić information content (AvgIpc) is 3.45. The summed E-state index contributed by atoms with van der Waals surface area (Å²) >= 11 is 0. The summed E-state index contributed by atoms with van der Waals surface area (Å²) in [5, 5.41) is 0. The van der Waals surface area contributed by atoms with E-state index in [1.807, 2.05) is 0 Å². The molecule has 0 saturated heterocycles. The molecule has 0 amide bonds. The number of carbonyl (C=O) groups is 3. The first-order valence-electron chi connectivity index (χ1n) is 33.7. The van der Waals surface area contributed by atoms with Crippen LogP contribution in [0.1, 0.15) is 329 Å². The van der Waals surface area contributed by atoms with Crippen molar-refractivity contribution in [3.8, 4) is 0 Å². The van der Waals surface area contributed by atoms with E-state index in [2.05, 4.69) is 118 Å². The smallest absolute Gasteiger partial charge is 0.306 e. The molecule has 6 nitrogen and oxygen atoms in total. The predicted molar refractivity (Wildman–Crippen MR) is 344 cm³/mol. The summed E-state index contributed by atoms with van der Waals surface area (Å²) in [5.74, 6) is -0.890. The number of hydrogen-bond acceptors (Lipinski definition) is 6. The second-order valence-corrected chi connectivity index (χ2v) is 22.4. The topological polar surface area (TPSA) is 78.9 Å². The van der Waals surface area contributed by atoms with E-state index in [1.54, 1.807) is 0 Å². The maximum absolute atomic E-state index is 12.9. The summed E-state index contributed by atoms with van der Waals surface area (Å²) in [5.41, 5.74) is 0. The van der Waals surface area contributed by atoms with Crippen molar-refractivity contribution in [1.29, 1.82) is 0 Å². The summed E-state index contributed by atoms with van der Waals surface area (Å²) in [7, 11) is 0. The molecule has 0 fully saturated rings. The molecule has 454 valence electrons. The molecule has 0 radical (unpaired) electrons. The third-order valence-electron chi connectivity index (χ3n) is 14.6. The number of rotatable bonds is 61. The Balaban J connectivity index is 4.36. The quantitative estimate of drug-likeness (QED) is 0.0261. The van der Waals surface area contributed by atoms with Crippen LogP contribution < -0.4 is 0 Å². The maximum Gasteiger partial charge on any atom is 0.306 e. The molecule has 0 aliphatic heterocycles. The Hall–Kier alpha value is -3.67. The van der Waals surface area contributed by atoms with Crippen molar-refractivity contribution in [2.75, 3.05) is 13.2 Å². The minimum Gasteiger partial charge on any atom is -0.462 e. The lowest BCUT2D eigenvalue weighted by Gasteiger charge is -2.18. The van der Waals surface area contributed by atoms with E-state index in [1.165, 1.54) is 167 Å².